The number of hydrogen-bond acceptors (Lipinski definition) is 4. The van der Waals surface area contributed by atoms with Crippen LogP contribution in [0.4, 0.5) is 0 Å². The van der Waals surface area contributed by atoms with Crippen LogP contribution in [0.2, 0.25) is 0 Å². The van der Waals surface area contributed by atoms with E-state index in [2.05, 4.69) is 10.3 Å². The third kappa shape index (κ3) is 3.05. The van der Waals surface area contributed by atoms with Gasteiger partial charge in [-0.15, -0.1) is 0 Å². The predicted octanol–water partition coefficient (Wildman–Crippen LogP) is 3.87. The fourth-order valence-corrected chi connectivity index (χ4v) is 3.75. The standard InChI is InChI=1S/C23H20N2O3/c1-14-18(23(27)28-2)19(16-11-7-4-8-12-16)20-21(24-14)17(25-22(20)26)13-15-9-5-3-6-10-15/h3-12,17H,13H2,1-2H3,(H,25,26). The molecule has 1 aliphatic rings. The number of carbonyl (C=O) groups excluding carboxylic acids is 2. The highest BCUT2D eigenvalue weighted by atomic mass is 16.5. The molecule has 140 valence electrons. The first-order valence-electron chi connectivity index (χ1n) is 9.13. The molecule has 2 heterocycles. The van der Waals surface area contributed by atoms with E-state index in [0.717, 1.165) is 11.1 Å². The van der Waals surface area contributed by atoms with Crippen molar-refractivity contribution in [3.8, 4) is 11.1 Å². The zero-order valence-electron chi connectivity index (χ0n) is 15.7. The van der Waals surface area contributed by atoms with Crippen molar-refractivity contribution in [2.75, 3.05) is 7.11 Å². The molecule has 4 rings (SSSR count). The molecule has 0 saturated heterocycles. The molecule has 0 aliphatic carbocycles. The van der Waals surface area contributed by atoms with Gasteiger partial charge in [-0.3, -0.25) is 9.78 Å². The van der Waals surface area contributed by atoms with Gasteiger partial charge in [0, 0.05) is 5.56 Å². The lowest BCUT2D eigenvalue weighted by Gasteiger charge is -2.16. The molecule has 5 nitrogen and oxygen atoms in total. The quantitative estimate of drug-likeness (QED) is 0.706. The number of rotatable bonds is 4. The molecular formula is C23H20N2O3. The molecule has 1 amide bonds. The number of carbonyl (C=O) groups is 2. The monoisotopic (exact) mass is 372 g/mol. The Balaban J connectivity index is 1.91. The van der Waals surface area contributed by atoms with E-state index in [1.807, 2.05) is 60.7 Å². The number of hydrogen-bond donors (Lipinski definition) is 1. The lowest BCUT2D eigenvalue weighted by molar-refractivity contribution is 0.0600. The zero-order chi connectivity index (χ0) is 19.7. The molecule has 1 unspecified atom stereocenters. The summed E-state index contributed by atoms with van der Waals surface area (Å²) in [6, 6.07) is 19.2. The first-order chi connectivity index (χ1) is 13.6. The molecule has 0 radical (unpaired) electrons. The average Bonchev–Trinajstić information content (AvgIpc) is 3.02. The van der Waals surface area contributed by atoms with Crippen LogP contribution in [-0.2, 0) is 11.2 Å². The van der Waals surface area contributed by atoms with Gasteiger partial charge in [0.1, 0.15) is 0 Å². The largest absolute Gasteiger partial charge is 0.465 e. The van der Waals surface area contributed by atoms with Crippen molar-refractivity contribution in [3.63, 3.8) is 0 Å². The van der Waals surface area contributed by atoms with Gasteiger partial charge in [0.2, 0.25) is 0 Å². The Hall–Kier alpha value is -3.47. The van der Waals surface area contributed by atoms with Gasteiger partial charge in [-0.05, 0) is 24.5 Å². The maximum absolute atomic E-state index is 12.9. The molecule has 1 aromatic heterocycles. The van der Waals surface area contributed by atoms with Gasteiger partial charge in [0.05, 0.1) is 35.7 Å². The van der Waals surface area contributed by atoms with E-state index >= 15 is 0 Å². The number of aryl methyl sites for hydroxylation is 1. The van der Waals surface area contributed by atoms with Crippen molar-refractivity contribution in [1.29, 1.82) is 0 Å². The van der Waals surface area contributed by atoms with E-state index in [1.165, 1.54) is 7.11 Å². The predicted molar refractivity (Wildman–Crippen MR) is 106 cm³/mol. The summed E-state index contributed by atoms with van der Waals surface area (Å²) in [6.07, 6.45) is 0.637. The van der Waals surface area contributed by atoms with Crippen LogP contribution in [0.3, 0.4) is 0 Å². The van der Waals surface area contributed by atoms with Crippen molar-refractivity contribution in [1.82, 2.24) is 10.3 Å². The lowest BCUT2D eigenvalue weighted by Crippen LogP contribution is -2.21. The summed E-state index contributed by atoms with van der Waals surface area (Å²) in [5, 5.41) is 3.04. The number of nitrogens with one attached hydrogen (secondary N) is 1. The van der Waals surface area contributed by atoms with Gasteiger partial charge in [0.25, 0.3) is 5.91 Å². The third-order valence-corrected chi connectivity index (χ3v) is 5.00. The minimum Gasteiger partial charge on any atom is -0.465 e. The molecule has 0 spiro atoms. The van der Waals surface area contributed by atoms with E-state index in [0.29, 0.717) is 34.5 Å². The number of aromatic nitrogens is 1. The van der Waals surface area contributed by atoms with E-state index in [1.54, 1.807) is 6.92 Å². The first-order valence-corrected chi connectivity index (χ1v) is 9.13. The van der Waals surface area contributed by atoms with Gasteiger partial charge in [-0.2, -0.15) is 0 Å². The van der Waals surface area contributed by atoms with E-state index in [4.69, 9.17) is 4.74 Å². The smallest absolute Gasteiger partial charge is 0.340 e. The van der Waals surface area contributed by atoms with Crippen molar-refractivity contribution in [3.05, 3.63) is 88.7 Å². The van der Waals surface area contributed by atoms with Crippen LogP contribution in [0.1, 0.15) is 43.7 Å². The molecular weight excluding hydrogens is 352 g/mol. The summed E-state index contributed by atoms with van der Waals surface area (Å²) in [5.74, 6) is -0.710. The molecule has 0 bridgehead atoms. The topological polar surface area (TPSA) is 68.3 Å². The van der Waals surface area contributed by atoms with Gasteiger partial charge < -0.3 is 10.1 Å². The maximum Gasteiger partial charge on any atom is 0.340 e. The van der Waals surface area contributed by atoms with Crippen molar-refractivity contribution < 1.29 is 14.3 Å². The van der Waals surface area contributed by atoms with Gasteiger partial charge in [0.15, 0.2) is 0 Å². The summed E-state index contributed by atoms with van der Waals surface area (Å²) < 4.78 is 4.99. The molecule has 0 fully saturated rings. The number of nitrogens with zero attached hydrogens (tertiary/aromatic N) is 1. The minimum absolute atomic E-state index is 0.215. The Morgan fingerprint density at radius 2 is 1.68 bits per heavy atom. The van der Waals surface area contributed by atoms with Gasteiger partial charge in [-0.1, -0.05) is 60.7 Å². The van der Waals surface area contributed by atoms with Crippen LogP contribution >= 0.6 is 0 Å². The molecule has 1 atom stereocenters. The highest BCUT2D eigenvalue weighted by molar-refractivity contribution is 6.10. The third-order valence-electron chi connectivity index (χ3n) is 5.00. The Kier molecular flexibility index (Phi) is 4.65. The van der Waals surface area contributed by atoms with Crippen LogP contribution in [-0.4, -0.2) is 24.0 Å². The van der Waals surface area contributed by atoms with Crippen LogP contribution < -0.4 is 5.32 Å². The number of methoxy groups -OCH3 is 1. The Bertz CT molecular complexity index is 1050. The zero-order valence-corrected chi connectivity index (χ0v) is 15.7. The van der Waals surface area contributed by atoms with E-state index < -0.39 is 5.97 Å². The Morgan fingerprint density at radius 3 is 2.32 bits per heavy atom. The molecule has 1 N–H and O–H groups in total. The van der Waals surface area contributed by atoms with Crippen molar-refractivity contribution in [2.24, 2.45) is 0 Å². The molecule has 5 heteroatoms. The second-order valence-electron chi connectivity index (χ2n) is 6.78. The van der Waals surface area contributed by atoms with Crippen molar-refractivity contribution in [2.45, 2.75) is 19.4 Å². The van der Waals surface area contributed by atoms with Gasteiger partial charge in [-0.25, -0.2) is 4.79 Å². The summed E-state index contributed by atoms with van der Waals surface area (Å²) in [4.78, 5) is 30.1. The number of pyridine rings is 1. The number of amides is 1. The summed E-state index contributed by atoms with van der Waals surface area (Å²) in [6.45, 7) is 1.78. The number of ether oxygens (including phenoxy) is 1. The molecule has 28 heavy (non-hydrogen) atoms. The van der Waals surface area contributed by atoms with E-state index in [9.17, 15) is 9.59 Å². The van der Waals surface area contributed by atoms with Gasteiger partial charge >= 0.3 is 5.97 Å². The number of fused-ring (bicyclic) bond motifs is 1. The van der Waals surface area contributed by atoms with Crippen LogP contribution in [0, 0.1) is 6.92 Å². The van der Waals surface area contributed by atoms with Crippen molar-refractivity contribution >= 4 is 11.9 Å². The molecule has 1 aliphatic heterocycles. The molecule has 3 aromatic rings. The Morgan fingerprint density at radius 1 is 1.04 bits per heavy atom. The number of benzene rings is 2. The first kappa shape index (κ1) is 17.9. The van der Waals surface area contributed by atoms with E-state index in [-0.39, 0.29) is 11.9 Å². The summed E-state index contributed by atoms with van der Waals surface area (Å²) in [7, 11) is 1.34. The molecule has 0 saturated carbocycles. The second-order valence-corrected chi connectivity index (χ2v) is 6.78. The molecule has 2 aromatic carbocycles. The fourth-order valence-electron chi connectivity index (χ4n) is 3.75. The summed E-state index contributed by atoms with van der Waals surface area (Å²) >= 11 is 0. The Labute approximate surface area is 163 Å². The lowest BCUT2D eigenvalue weighted by atomic mass is 9.91. The van der Waals surface area contributed by atoms with Crippen LogP contribution in [0.15, 0.2) is 60.7 Å². The van der Waals surface area contributed by atoms with Crippen LogP contribution in [0.5, 0.6) is 0 Å². The SMILES string of the molecule is COC(=O)c1c(C)nc2c(c1-c1ccccc1)C(=O)NC2Cc1ccccc1. The fraction of sp³-hybridized carbons (Fsp3) is 0.174. The number of esters is 1. The highest BCUT2D eigenvalue weighted by Gasteiger charge is 2.36. The second kappa shape index (κ2) is 7.27. The minimum atomic E-state index is -0.494. The summed E-state index contributed by atoms with van der Waals surface area (Å²) in [5.41, 5.74) is 4.51. The maximum atomic E-state index is 12.9. The normalized spacial score (nSPS) is 15.1. The highest BCUT2D eigenvalue weighted by Crippen LogP contribution is 2.38. The average molecular weight is 372 g/mol. The van der Waals surface area contributed by atoms with Crippen LogP contribution in [0.25, 0.3) is 11.1 Å².